The monoisotopic (exact) mass is 254 g/mol. The second-order valence-electron chi connectivity index (χ2n) is 3.76. The van der Waals surface area contributed by atoms with Crippen LogP contribution in [-0.2, 0) is 10.0 Å². The first-order chi connectivity index (χ1) is 7.93. The molecule has 0 atom stereocenters. The minimum Gasteiger partial charge on any atom is -0.398 e. The Morgan fingerprint density at radius 1 is 1.47 bits per heavy atom. The number of benzene rings is 1. The maximum Gasteiger partial charge on any atom is 0.243 e. The zero-order valence-corrected chi connectivity index (χ0v) is 11.0. The van der Waals surface area contributed by atoms with Crippen LogP contribution in [-0.4, -0.2) is 25.8 Å². The Kier molecular flexibility index (Phi) is 4.31. The minimum absolute atomic E-state index is 0.226. The molecule has 0 aromatic heterocycles. The number of nitrogens with zero attached hydrogens (tertiary/aromatic N) is 1. The fourth-order valence-electron chi connectivity index (χ4n) is 1.47. The lowest BCUT2D eigenvalue weighted by Gasteiger charge is -2.19. The van der Waals surface area contributed by atoms with Crippen LogP contribution in [0.2, 0.25) is 0 Å². The Morgan fingerprint density at radius 2 is 2.12 bits per heavy atom. The lowest BCUT2D eigenvalue weighted by atomic mass is 10.2. The van der Waals surface area contributed by atoms with E-state index in [1.54, 1.807) is 25.1 Å². The van der Waals surface area contributed by atoms with Gasteiger partial charge in [-0.05, 0) is 24.6 Å². The van der Waals surface area contributed by atoms with Crippen molar-refractivity contribution in [2.45, 2.75) is 18.7 Å². The lowest BCUT2D eigenvalue weighted by Crippen LogP contribution is -2.31. The van der Waals surface area contributed by atoms with Crippen molar-refractivity contribution < 1.29 is 8.42 Å². The Balaban J connectivity index is 3.20. The van der Waals surface area contributed by atoms with Gasteiger partial charge in [-0.1, -0.05) is 19.1 Å². The molecule has 0 saturated carbocycles. The Bertz CT molecular complexity index is 509. The smallest absolute Gasteiger partial charge is 0.243 e. The van der Waals surface area contributed by atoms with Crippen LogP contribution in [0.4, 0.5) is 5.69 Å². The quantitative estimate of drug-likeness (QED) is 0.643. The molecule has 0 fully saturated rings. The summed E-state index contributed by atoms with van der Waals surface area (Å²) in [6.07, 6.45) is 1.57. The summed E-state index contributed by atoms with van der Waals surface area (Å²) in [7, 11) is -3.47. The average molecular weight is 254 g/mol. The van der Waals surface area contributed by atoms with Gasteiger partial charge in [-0.3, -0.25) is 0 Å². The molecule has 17 heavy (non-hydrogen) atoms. The van der Waals surface area contributed by atoms with Gasteiger partial charge in [-0.15, -0.1) is 6.58 Å². The van der Waals surface area contributed by atoms with Gasteiger partial charge in [-0.2, -0.15) is 4.31 Å². The fraction of sp³-hybridized carbons (Fsp3) is 0.333. The third kappa shape index (κ3) is 2.87. The summed E-state index contributed by atoms with van der Waals surface area (Å²) in [5.74, 6) is 0. The third-order valence-electron chi connectivity index (χ3n) is 2.57. The molecular weight excluding hydrogens is 236 g/mol. The molecular formula is C12H18N2O2S. The van der Waals surface area contributed by atoms with E-state index in [0.29, 0.717) is 18.8 Å². The first-order valence-electron chi connectivity index (χ1n) is 5.40. The minimum atomic E-state index is -3.47. The van der Waals surface area contributed by atoms with Crippen LogP contribution in [0.5, 0.6) is 0 Å². The van der Waals surface area contributed by atoms with Gasteiger partial charge in [0.2, 0.25) is 10.0 Å². The van der Waals surface area contributed by atoms with Crippen LogP contribution in [0.3, 0.4) is 0 Å². The summed E-state index contributed by atoms with van der Waals surface area (Å²) in [6.45, 7) is 7.89. The molecule has 0 radical (unpaired) electrons. The summed E-state index contributed by atoms with van der Waals surface area (Å²) in [6, 6.07) is 4.78. The highest BCUT2D eigenvalue weighted by Gasteiger charge is 2.22. The molecule has 0 aliphatic rings. The normalized spacial score (nSPS) is 11.7. The first kappa shape index (κ1) is 13.7. The van der Waals surface area contributed by atoms with Crippen LogP contribution in [0.25, 0.3) is 0 Å². The molecule has 0 bridgehead atoms. The van der Waals surface area contributed by atoms with E-state index in [9.17, 15) is 8.42 Å². The van der Waals surface area contributed by atoms with Gasteiger partial charge >= 0.3 is 0 Å². The van der Waals surface area contributed by atoms with Gasteiger partial charge in [-0.25, -0.2) is 8.42 Å². The summed E-state index contributed by atoms with van der Waals surface area (Å²) in [5, 5.41) is 0. The van der Waals surface area contributed by atoms with E-state index >= 15 is 0 Å². The van der Waals surface area contributed by atoms with Crippen LogP contribution < -0.4 is 5.73 Å². The van der Waals surface area contributed by atoms with Crippen LogP contribution in [0, 0.1) is 6.92 Å². The summed E-state index contributed by atoms with van der Waals surface area (Å²) in [4.78, 5) is 0.226. The SMILES string of the molecule is C=CCN(CC)S(=O)(=O)c1ccc(C)c(N)c1. The van der Waals surface area contributed by atoms with Gasteiger partial charge in [0, 0.05) is 18.8 Å². The molecule has 4 nitrogen and oxygen atoms in total. The number of hydrogen-bond donors (Lipinski definition) is 1. The topological polar surface area (TPSA) is 63.4 Å². The molecule has 0 aliphatic carbocycles. The third-order valence-corrected chi connectivity index (χ3v) is 4.51. The zero-order chi connectivity index (χ0) is 13.1. The van der Waals surface area contributed by atoms with Gasteiger partial charge < -0.3 is 5.73 Å². The molecule has 1 aromatic carbocycles. The van der Waals surface area contributed by atoms with Crippen molar-refractivity contribution in [2.75, 3.05) is 18.8 Å². The number of rotatable bonds is 5. The van der Waals surface area contributed by atoms with Crippen molar-refractivity contribution >= 4 is 15.7 Å². The highest BCUT2D eigenvalue weighted by Crippen LogP contribution is 2.20. The van der Waals surface area contributed by atoms with Crippen molar-refractivity contribution in [2.24, 2.45) is 0 Å². The maximum atomic E-state index is 12.2. The molecule has 1 aromatic rings. The number of anilines is 1. The van der Waals surface area contributed by atoms with Crippen molar-refractivity contribution in [3.05, 3.63) is 36.4 Å². The number of hydrogen-bond acceptors (Lipinski definition) is 3. The van der Waals surface area contributed by atoms with E-state index in [-0.39, 0.29) is 4.90 Å². The predicted molar refractivity (Wildman–Crippen MR) is 70.2 cm³/mol. The van der Waals surface area contributed by atoms with Crippen molar-refractivity contribution in [3.63, 3.8) is 0 Å². The second kappa shape index (κ2) is 5.33. The number of nitrogens with two attached hydrogens (primary N) is 1. The van der Waals surface area contributed by atoms with Crippen LogP contribution >= 0.6 is 0 Å². The molecule has 94 valence electrons. The zero-order valence-electron chi connectivity index (χ0n) is 10.2. The van der Waals surface area contributed by atoms with E-state index in [0.717, 1.165) is 5.56 Å². The number of likely N-dealkylation sites (N-methyl/N-ethyl adjacent to an activating group) is 1. The first-order valence-corrected chi connectivity index (χ1v) is 6.84. The lowest BCUT2D eigenvalue weighted by molar-refractivity contribution is 0.460. The van der Waals surface area contributed by atoms with Gasteiger partial charge in [0.05, 0.1) is 4.90 Å². The Morgan fingerprint density at radius 3 is 2.59 bits per heavy atom. The summed E-state index contributed by atoms with van der Waals surface area (Å²) < 4.78 is 25.8. The second-order valence-corrected chi connectivity index (χ2v) is 5.70. The Hall–Kier alpha value is -1.33. The van der Waals surface area contributed by atoms with Crippen LogP contribution in [0.15, 0.2) is 35.7 Å². The highest BCUT2D eigenvalue weighted by molar-refractivity contribution is 7.89. The molecule has 0 unspecified atom stereocenters. The highest BCUT2D eigenvalue weighted by atomic mass is 32.2. The molecule has 1 rings (SSSR count). The molecule has 0 amide bonds. The fourth-order valence-corrected chi connectivity index (χ4v) is 2.92. The van der Waals surface area contributed by atoms with Gasteiger partial charge in [0.1, 0.15) is 0 Å². The molecule has 0 spiro atoms. The molecule has 0 heterocycles. The van der Waals surface area contributed by atoms with Gasteiger partial charge in [0.25, 0.3) is 0 Å². The summed E-state index contributed by atoms with van der Waals surface area (Å²) >= 11 is 0. The molecule has 2 N–H and O–H groups in total. The van der Waals surface area contributed by atoms with Crippen molar-refractivity contribution in [3.8, 4) is 0 Å². The van der Waals surface area contributed by atoms with E-state index in [1.165, 1.54) is 10.4 Å². The largest absolute Gasteiger partial charge is 0.398 e. The van der Waals surface area contributed by atoms with Gasteiger partial charge in [0.15, 0.2) is 0 Å². The molecule has 0 aliphatic heterocycles. The molecule has 5 heteroatoms. The van der Waals surface area contributed by atoms with E-state index in [2.05, 4.69) is 6.58 Å². The van der Waals surface area contributed by atoms with Crippen LogP contribution in [0.1, 0.15) is 12.5 Å². The predicted octanol–water partition coefficient (Wildman–Crippen LogP) is 1.77. The van der Waals surface area contributed by atoms with E-state index in [4.69, 9.17) is 5.73 Å². The van der Waals surface area contributed by atoms with E-state index in [1.807, 2.05) is 6.92 Å². The number of nitrogen functional groups attached to an aromatic ring is 1. The number of aryl methyl sites for hydroxylation is 1. The van der Waals surface area contributed by atoms with Crippen molar-refractivity contribution in [1.82, 2.24) is 4.31 Å². The van der Waals surface area contributed by atoms with E-state index < -0.39 is 10.0 Å². The van der Waals surface area contributed by atoms with Crippen molar-refractivity contribution in [1.29, 1.82) is 0 Å². The summed E-state index contributed by atoms with van der Waals surface area (Å²) in [5.41, 5.74) is 7.09. The molecule has 0 saturated heterocycles. The standard InChI is InChI=1S/C12H18N2O2S/c1-4-8-14(5-2)17(15,16)11-7-6-10(3)12(13)9-11/h4,6-7,9H,1,5,8,13H2,2-3H3. The average Bonchev–Trinajstić information content (AvgIpc) is 2.29. The number of sulfonamides is 1. The Labute approximate surface area is 103 Å². The maximum absolute atomic E-state index is 12.2.